The molecule has 25 heavy (non-hydrogen) atoms. The van der Waals surface area contributed by atoms with E-state index >= 15 is 0 Å². The lowest BCUT2D eigenvalue weighted by atomic mass is 9.95. The van der Waals surface area contributed by atoms with Gasteiger partial charge in [-0.15, -0.1) is 0 Å². The third kappa shape index (κ3) is 4.05. The number of fused-ring (bicyclic) bond motifs is 1. The number of aromatic nitrogens is 2. The first kappa shape index (κ1) is 18.0. The van der Waals surface area contributed by atoms with Gasteiger partial charge in [-0.05, 0) is 45.4 Å². The van der Waals surface area contributed by atoms with Gasteiger partial charge in [-0.3, -0.25) is 9.59 Å². The summed E-state index contributed by atoms with van der Waals surface area (Å²) in [7, 11) is 0. The van der Waals surface area contributed by atoms with Crippen molar-refractivity contribution in [2.75, 3.05) is 0 Å². The summed E-state index contributed by atoms with van der Waals surface area (Å²) in [6, 6.07) is 0.350. The van der Waals surface area contributed by atoms with Crippen LogP contribution >= 0.6 is 0 Å². The number of carbonyl (C=O) groups is 2. The van der Waals surface area contributed by atoms with Crippen LogP contribution in [-0.2, 0) is 13.0 Å². The van der Waals surface area contributed by atoms with Crippen LogP contribution in [0.2, 0.25) is 0 Å². The summed E-state index contributed by atoms with van der Waals surface area (Å²) in [5.41, 5.74) is 1.38. The van der Waals surface area contributed by atoms with E-state index in [9.17, 15) is 9.59 Å². The second kappa shape index (κ2) is 8.02. The third-order valence-corrected chi connectivity index (χ3v) is 5.47. The molecular formula is C19H30N4O2. The summed E-state index contributed by atoms with van der Waals surface area (Å²) in [5.74, 6) is 0.109. The van der Waals surface area contributed by atoms with Gasteiger partial charge in [0.1, 0.15) is 5.69 Å². The lowest BCUT2D eigenvalue weighted by Crippen LogP contribution is -2.37. The van der Waals surface area contributed by atoms with Crippen molar-refractivity contribution in [2.45, 2.75) is 90.3 Å². The Bertz CT molecular complexity index is 632. The Hall–Kier alpha value is -1.85. The van der Waals surface area contributed by atoms with Gasteiger partial charge in [0.25, 0.3) is 11.8 Å². The maximum absolute atomic E-state index is 12.8. The van der Waals surface area contributed by atoms with Crippen LogP contribution in [0.15, 0.2) is 0 Å². The van der Waals surface area contributed by atoms with Crippen molar-refractivity contribution in [3.05, 3.63) is 17.2 Å². The van der Waals surface area contributed by atoms with E-state index in [2.05, 4.69) is 15.6 Å². The van der Waals surface area contributed by atoms with Gasteiger partial charge in [0.15, 0.2) is 5.82 Å². The first-order valence-electron chi connectivity index (χ1n) is 9.81. The topological polar surface area (TPSA) is 76.0 Å². The molecule has 3 rings (SSSR count). The highest BCUT2D eigenvalue weighted by Crippen LogP contribution is 2.23. The van der Waals surface area contributed by atoms with Crippen molar-refractivity contribution in [3.8, 4) is 0 Å². The quantitative estimate of drug-likeness (QED) is 0.861. The van der Waals surface area contributed by atoms with Gasteiger partial charge in [-0.1, -0.05) is 26.2 Å². The maximum atomic E-state index is 12.8. The fraction of sp³-hybridized carbons (Fsp3) is 0.737. The molecule has 6 heteroatoms. The molecule has 2 aliphatic rings. The minimum atomic E-state index is -0.172. The van der Waals surface area contributed by atoms with Crippen molar-refractivity contribution in [1.82, 2.24) is 20.2 Å². The highest BCUT2D eigenvalue weighted by Gasteiger charge is 2.29. The molecule has 2 N–H and O–H groups in total. The molecule has 1 aliphatic heterocycles. The highest BCUT2D eigenvalue weighted by atomic mass is 16.2. The van der Waals surface area contributed by atoms with E-state index in [0.717, 1.165) is 50.8 Å². The zero-order valence-electron chi connectivity index (χ0n) is 15.4. The van der Waals surface area contributed by atoms with Crippen LogP contribution in [0.3, 0.4) is 0 Å². The number of nitrogens with zero attached hydrogens (tertiary/aromatic N) is 2. The van der Waals surface area contributed by atoms with Crippen LogP contribution in [0.4, 0.5) is 0 Å². The van der Waals surface area contributed by atoms with Gasteiger partial charge in [0.2, 0.25) is 0 Å². The Morgan fingerprint density at radius 3 is 2.64 bits per heavy atom. The van der Waals surface area contributed by atoms with E-state index in [1.54, 1.807) is 0 Å². The average Bonchev–Trinajstić information content (AvgIpc) is 3.02. The summed E-state index contributed by atoms with van der Waals surface area (Å²) in [5, 5.41) is 6.12. The van der Waals surface area contributed by atoms with Gasteiger partial charge >= 0.3 is 0 Å². The minimum absolute atomic E-state index is 0.101. The number of carbonyl (C=O) groups excluding carboxylic acids is 2. The van der Waals surface area contributed by atoms with Gasteiger partial charge < -0.3 is 15.2 Å². The predicted molar refractivity (Wildman–Crippen MR) is 96.7 cm³/mol. The minimum Gasteiger partial charge on any atom is -0.348 e. The van der Waals surface area contributed by atoms with E-state index in [-0.39, 0.29) is 23.9 Å². The fourth-order valence-corrected chi connectivity index (χ4v) is 3.79. The first-order chi connectivity index (χ1) is 12.1. The van der Waals surface area contributed by atoms with Crippen molar-refractivity contribution >= 4 is 11.8 Å². The zero-order valence-corrected chi connectivity index (χ0v) is 15.4. The Labute approximate surface area is 149 Å². The van der Waals surface area contributed by atoms with Gasteiger partial charge in [0.05, 0.1) is 5.69 Å². The first-order valence-corrected chi connectivity index (χ1v) is 9.81. The van der Waals surface area contributed by atoms with Crippen molar-refractivity contribution in [2.24, 2.45) is 0 Å². The monoisotopic (exact) mass is 346 g/mol. The Morgan fingerprint density at radius 1 is 1.16 bits per heavy atom. The van der Waals surface area contributed by atoms with Crippen LogP contribution in [0, 0.1) is 0 Å². The second-order valence-corrected chi connectivity index (χ2v) is 7.43. The molecule has 1 atom stereocenters. The van der Waals surface area contributed by atoms with E-state index in [4.69, 9.17) is 0 Å². The second-order valence-electron chi connectivity index (χ2n) is 7.43. The molecule has 1 aromatic heterocycles. The lowest BCUT2D eigenvalue weighted by molar-refractivity contribution is 0.0920. The summed E-state index contributed by atoms with van der Waals surface area (Å²) in [6.07, 6.45) is 9.45. The number of hydrogen-bond donors (Lipinski definition) is 2. The molecule has 0 bridgehead atoms. The molecule has 1 aliphatic carbocycles. The van der Waals surface area contributed by atoms with Crippen LogP contribution in [-0.4, -0.2) is 33.4 Å². The fourth-order valence-electron chi connectivity index (χ4n) is 3.79. The van der Waals surface area contributed by atoms with Crippen LogP contribution in [0.5, 0.6) is 0 Å². The number of rotatable bonds is 5. The maximum Gasteiger partial charge on any atom is 0.287 e. The van der Waals surface area contributed by atoms with Crippen LogP contribution < -0.4 is 10.6 Å². The molecule has 1 saturated carbocycles. The summed E-state index contributed by atoms with van der Waals surface area (Å²) >= 11 is 0. The molecule has 2 heterocycles. The Morgan fingerprint density at radius 2 is 1.92 bits per heavy atom. The standard InChI is InChI=1S/C19H30N4O2/c1-3-13(2)20-19(25)17-22-16(15-11-7-8-12-23(15)17)18(24)21-14-9-5-4-6-10-14/h13-14H,3-12H2,1-2H3,(H,20,25)(H,21,24). The summed E-state index contributed by atoms with van der Waals surface area (Å²) in [6.45, 7) is 4.78. The molecule has 0 spiro atoms. The molecule has 1 unspecified atom stereocenters. The largest absolute Gasteiger partial charge is 0.348 e. The average molecular weight is 346 g/mol. The highest BCUT2D eigenvalue weighted by molar-refractivity contribution is 5.97. The van der Waals surface area contributed by atoms with E-state index in [1.165, 1.54) is 19.3 Å². The smallest absolute Gasteiger partial charge is 0.287 e. The van der Waals surface area contributed by atoms with Gasteiger partial charge in [-0.2, -0.15) is 0 Å². The van der Waals surface area contributed by atoms with E-state index in [0.29, 0.717) is 11.5 Å². The number of nitrogens with one attached hydrogen (secondary N) is 2. The number of imidazole rings is 1. The Kier molecular flexibility index (Phi) is 5.76. The van der Waals surface area contributed by atoms with Crippen molar-refractivity contribution in [3.63, 3.8) is 0 Å². The molecule has 6 nitrogen and oxygen atoms in total. The van der Waals surface area contributed by atoms with Crippen molar-refractivity contribution < 1.29 is 9.59 Å². The third-order valence-electron chi connectivity index (χ3n) is 5.47. The van der Waals surface area contributed by atoms with Crippen LogP contribution in [0.25, 0.3) is 0 Å². The summed E-state index contributed by atoms with van der Waals surface area (Å²) in [4.78, 5) is 29.8. The number of amides is 2. The van der Waals surface area contributed by atoms with E-state index in [1.807, 2.05) is 18.4 Å². The van der Waals surface area contributed by atoms with Gasteiger partial charge in [-0.25, -0.2) is 4.98 Å². The molecule has 0 saturated heterocycles. The molecule has 0 radical (unpaired) electrons. The lowest BCUT2D eigenvalue weighted by Gasteiger charge is -2.23. The van der Waals surface area contributed by atoms with Gasteiger partial charge in [0, 0.05) is 18.6 Å². The molecule has 0 aromatic carbocycles. The summed E-state index contributed by atoms with van der Waals surface area (Å²) < 4.78 is 1.96. The molecule has 1 aromatic rings. The van der Waals surface area contributed by atoms with Crippen LogP contribution in [0.1, 0.15) is 92.0 Å². The number of hydrogen-bond acceptors (Lipinski definition) is 3. The predicted octanol–water partition coefficient (Wildman–Crippen LogP) is 2.81. The van der Waals surface area contributed by atoms with E-state index < -0.39 is 0 Å². The molecule has 138 valence electrons. The molecular weight excluding hydrogens is 316 g/mol. The normalized spacial score (nSPS) is 19.1. The van der Waals surface area contributed by atoms with Crippen molar-refractivity contribution in [1.29, 1.82) is 0 Å². The SMILES string of the molecule is CCC(C)NC(=O)c1nc(C(=O)NC2CCCCC2)c2n1CCCC2. The zero-order chi connectivity index (χ0) is 17.8. The molecule has 2 amide bonds. The Balaban J connectivity index is 1.81. The molecule has 1 fully saturated rings.